The van der Waals surface area contributed by atoms with Crippen molar-refractivity contribution in [2.45, 2.75) is 76.5 Å². The molecule has 0 aliphatic heterocycles. The number of benzene rings is 1. The number of fused-ring (bicyclic) bond motifs is 1. The topological polar surface area (TPSA) is 129 Å². The van der Waals surface area contributed by atoms with E-state index in [1.807, 2.05) is 24.3 Å². The van der Waals surface area contributed by atoms with Gasteiger partial charge in [0, 0.05) is 5.38 Å². The molecule has 1 aromatic carbocycles. The molecule has 10 nitrogen and oxygen atoms in total. The second-order valence-corrected chi connectivity index (χ2v) is 13.7. The van der Waals surface area contributed by atoms with Gasteiger partial charge < -0.3 is 14.3 Å². The van der Waals surface area contributed by atoms with Gasteiger partial charge in [-0.1, -0.05) is 17.3 Å². The van der Waals surface area contributed by atoms with Gasteiger partial charge in [0.05, 0.1) is 10.2 Å². The molecule has 0 fully saturated rings. The number of esters is 1. The van der Waals surface area contributed by atoms with E-state index in [-0.39, 0.29) is 16.5 Å². The molecule has 0 spiro atoms. The predicted octanol–water partition coefficient (Wildman–Crippen LogP) is 6.26. The lowest BCUT2D eigenvalue weighted by Gasteiger charge is -2.26. The molecule has 1 amide bonds. The largest absolute Gasteiger partial charge is 0.457 e. The Labute approximate surface area is 233 Å². The van der Waals surface area contributed by atoms with E-state index in [1.165, 1.54) is 25.2 Å². The van der Waals surface area contributed by atoms with Crippen molar-refractivity contribution in [3.05, 3.63) is 35.3 Å². The van der Waals surface area contributed by atoms with Crippen LogP contribution in [-0.2, 0) is 23.9 Å². The van der Waals surface area contributed by atoms with Gasteiger partial charge in [0.1, 0.15) is 16.9 Å². The van der Waals surface area contributed by atoms with Crippen LogP contribution in [-0.4, -0.2) is 49.7 Å². The predicted molar refractivity (Wildman–Crippen MR) is 150 cm³/mol. The van der Waals surface area contributed by atoms with Crippen LogP contribution >= 0.6 is 34.4 Å². The van der Waals surface area contributed by atoms with Gasteiger partial charge >= 0.3 is 12.1 Å². The number of ether oxygens (including phenoxy) is 2. The number of carbonyl (C=O) groups excluding carboxylic acids is 3. The molecule has 1 N–H and O–H groups in total. The number of carbonyl (C=O) groups is 3. The number of amides is 1. The zero-order valence-corrected chi connectivity index (χ0v) is 24.9. The van der Waals surface area contributed by atoms with Crippen molar-refractivity contribution >= 4 is 72.7 Å². The van der Waals surface area contributed by atoms with E-state index >= 15 is 0 Å². The molecule has 204 valence electrons. The third-order valence-corrected chi connectivity index (χ3v) is 6.99. The summed E-state index contributed by atoms with van der Waals surface area (Å²) in [7, 11) is 0. The lowest BCUT2D eigenvalue weighted by Crippen LogP contribution is -2.40. The molecule has 0 aliphatic carbocycles. The Morgan fingerprint density at radius 1 is 0.947 bits per heavy atom. The van der Waals surface area contributed by atoms with Gasteiger partial charge in [-0.05, 0) is 79.3 Å². The Morgan fingerprint density at radius 2 is 1.61 bits per heavy atom. The molecule has 0 aliphatic rings. The first kappa shape index (κ1) is 29.5. The third kappa shape index (κ3) is 8.50. The molecule has 0 unspecified atom stereocenters. The summed E-state index contributed by atoms with van der Waals surface area (Å²) < 4.78 is 12.1. The van der Waals surface area contributed by atoms with Crippen LogP contribution in [0.25, 0.3) is 10.2 Å². The van der Waals surface area contributed by atoms with Crippen LogP contribution < -0.4 is 5.32 Å². The lowest BCUT2D eigenvalue weighted by atomic mass is 10.1. The second-order valence-electron chi connectivity index (χ2n) is 10.5. The highest BCUT2D eigenvalue weighted by atomic mass is 32.2. The molecule has 3 rings (SSSR count). The number of thiazole rings is 2. The Morgan fingerprint density at radius 3 is 2.24 bits per heavy atom. The zero-order chi connectivity index (χ0) is 28.3. The zero-order valence-electron chi connectivity index (χ0n) is 22.4. The molecule has 3 aromatic rings. The van der Waals surface area contributed by atoms with E-state index in [0.29, 0.717) is 4.34 Å². The van der Waals surface area contributed by atoms with Crippen LogP contribution in [0.4, 0.5) is 9.93 Å². The van der Waals surface area contributed by atoms with Gasteiger partial charge in [-0.25, -0.2) is 19.6 Å². The van der Waals surface area contributed by atoms with Crippen LogP contribution in [0.1, 0.15) is 61.1 Å². The number of anilines is 1. The van der Waals surface area contributed by atoms with Crippen LogP contribution in [0.2, 0.25) is 0 Å². The Balaban J connectivity index is 1.88. The van der Waals surface area contributed by atoms with Crippen LogP contribution in [0.5, 0.6) is 0 Å². The fourth-order valence-electron chi connectivity index (χ4n) is 2.64. The van der Waals surface area contributed by atoms with Crippen molar-refractivity contribution in [3.8, 4) is 0 Å². The summed E-state index contributed by atoms with van der Waals surface area (Å²) in [5, 5.41) is 7.83. The van der Waals surface area contributed by atoms with Crippen LogP contribution in [0, 0.1) is 0 Å². The van der Waals surface area contributed by atoms with Crippen LogP contribution in [0.15, 0.2) is 39.1 Å². The summed E-state index contributed by atoms with van der Waals surface area (Å²) in [6.45, 7) is 13.4. The lowest BCUT2D eigenvalue weighted by molar-refractivity contribution is -0.179. The van der Waals surface area contributed by atoms with Crippen molar-refractivity contribution in [1.29, 1.82) is 0 Å². The number of para-hydroxylation sites is 1. The number of aromatic nitrogens is 2. The minimum absolute atomic E-state index is 0.152. The molecule has 0 radical (unpaired) electrons. The summed E-state index contributed by atoms with van der Waals surface area (Å²) in [5.74, 6) is -0.648. The molecular formula is C25H30N4O6S3. The minimum atomic E-state index is -1.49. The second kappa shape index (κ2) is 11.4. The molecule has 38 heavy (non-hydrogen) atoms. The van der Waals surface area contributed by atoms with Gasteiger partial charge in [-0.2, -0.15) is 0 Å². The van der Waals surface area contributed by atoms with E-state index in [1.54, 1.807) is 46.9 Å². The molecule has 0 saturated heterocycles. The van der Waals surface area contributed by atoms with Crippen LogP contribution in [0.3, 0.4) is 0 Å². The number of nitrogens with zero attached hydrogens (tertiary/aromatic N) is 3. The highest BCUT2D eigenvalue weighted by molar-refractivity contribution is 8.16. The highest BCUT2D eigenvalue weighted by Crippen LogP contribution is 2.31. The Kier molecular flexibility index (Phi) is 8.84. The van der Waals surface area contributed by atoms with E-state index < -0.39 is 34.0 Å². The van der Waals surface area contributed by atoms with Crippen molar-refractivity contribution in [1.82, 2.24) is 9.97 Å². The normalized spacial score (nSPS) is 12.8. The van der Waals surface area contributed by atoms with Crippen molar-refractivity contribution in [3.63, 3.8) is 0 Å². The minimum Gasteiger partial charge on any atom is -0.457 e. The SMILES string of the molecule is CC(C)(C)OC(=O)Nc1nc(/C(=N/OC(C)(C)C(=O)OC(C)(C)C)C(=O)Sc2nc3ccccc3s2)cs1. The van der Waals surface area contributed by atoms with Crippen molar-refractivity contribution < 1.29 is 28.7 Å². The van der Waals surface area contributed by atoms with E-state index in [2.05, 4.69) is 20.4 Å². The summed E-state index contributed by atoms with van der Waals surface area (Å²) in [6.07, 6.45) is -0.686. The van der Waals surface area contributed by atoms with Crippen molar-refractivity contribution in [2.24, 2.45) is 5.16 Å². The maximum Gasteiger partial charge on any atom is 0.413 e. The number of rotatable bonds is 7. The highest BCUT2D eigenvalue weighted by Gasteiger charge is 2.36. The number of hydrogen-bond acceptors (Lipinski definition) is 12. The van der Waals surface area contributed by atoms with Gasteiger partial charge in [0.2, 0.25) is 10.7 Å². The van der Waals surface area contributed by atoms with E-state index in [0.717, 1.165) is 33.3 Å². The number of thioether (sulfide) groups is 1. The average molecular weight is 579 g/mol. The molecule has 0 bridgehead atoms. The van der Waals surface area contributed by atoms with Crippen molar-refractivity contribution in [2.75, 3.05) is 5.32 Å². The van der Waals surface area contributed by atoms with Gasteiger partial charge in [0.25, 0.3) is 0 Å². The number of oxime groups is 1. The maximum absolute atomic E-state index is 13.4. The molecular weight excluding hydrogens is 548 g/mol. The van der Waals surface area contributed by atoms with E-state index in [4.69, 9.17) is 14.3 Å². The molecule has 13 heteroatoms. The standard InChI is InChI=1S/C25H30N4O6S3/c1-23(2,3)33-19(31)25(7,8)35-29-17(15-13-36-20(26-15)28-21(32)34-24(4,5)6)18(30)38-22-27-14-11-9-10-12-16(14)37-22/h9-13H,1-8H3,(H,26,28,32)/b29-17-. The van der Waals surface area contributed by atoms with Gasteiger partial charge in [-0.15, -0.1) is 22.7 Å². The third-order valence-electron chi connectivity index (χ3n) is 4.26. The quantitative estimate of drug-likeness (QED) is 0.149. The molecule has 2 heterocycles. The summed E-state index contributed by atoms with van der Waals surface area (Å²) in [4.78, 5) is 52.5. The first-order valence-corrected chi connectivity index (χ1v) is 14.1. The van der Waals surface area contributed by atoms with E-state index in [9.17, 15) is 14.4 Å². The summed E-state index contributed by atoms with van der Waals surface area (Å²) >= 11 is 3.31. The molecule has 2 aromatic heterocycles. The molecule has 0 atom stereocenters. The smallest absolute Gasteiger partial charge is 0.413 e. The first-order chi connectivity index (χ1) is 17.5. The monoisotopic (exact) mass is 578 g/mol. The maximum atomic E-state index is 13.4. The summed E-state index contributed by atoms with van der Waals surface area (Å²) in [5.41, 5.74) is -2.15. The fraction of sp³-hybridized carbons (Fsp3) is 0.440. The van der Waals surface area contributed by atoms with Gasteiger partial charge in [0.15, 0.2) is 15.2 Å². The summed E-state index contributed by atoms with van der Waals surface area (Å²) in [6, 6.07) is 7.53. The average Bonchev–Trinajstić information content (AvgIpc) is 3.37. The first-order valence-electron chi connectivity index (χ1n) is 11.6. The molecule has 0 saturated carbocycles. The number of hydrogen-bond donors (Lipinski definition) is 1. The Hall–Kier alpha value is -3.03. The van der Waals surface area contributed by atoms with Gasteiger partial charge in [-0.3, -0.25) is 10.1 Å². The Bertz CT molecular complexity index is 1330. The fourth-order valence-corrected chi connectivity index (χ4v) is 5.22. The number of nitrogens with one attached hydrogen (secondary N) is 1.